The van der Waals surface area contributed by atoms with Gasteiger partial charge in [0.15, 0.2) is 5.82 Å². The maximum Gasteiger partial charge on any atom is 0.510 e. The van der Waals surface area contributed by atoms with Gasteiger partial charge in [0.2, 0.25) is 19.5 Å². The average molecular weight is 519 g/mol. The lowest BCUT2D eigenvalue weighted by Crippen LogP contribution is -2.17. The fourth-order valence-electron chi connectivity index (χ4n) is 2.51. The number of anilines is 2. The predicted molar refractivity (Wildman–Crippen MR) is 121 cm³/mol. The lowest BCUT2D eigenvalue weighted by atomic mass is 10.3. The third kappa shape index (κ3) is 9.56. The number of hydrogen-bond acceptors (Lipinski definition) is 14. The molecule has 0 saturated carbocycles. The first kappa shape index (κ1) is 28.1. The smallest absolute Gasteiger partial charge is 0.432 e. The monoisotopic (exact) mass is 519 g/mol. The second-order valence-electron chi connectivity index (χ2n) is 7.49. The molecule has 35 heavy (non-hydrogen) atoms. The highest BCUT2D eigenvalue weighted by Crippen LogP contribution is 2.48. The summed E-state index contributed by atoms with van der Waals surface area (Å²) >= 11 is 0. The molecule has 15 nitrogen and oxygen atoms in total. The van der Waals surface area contributed by atoms with Crippen molar-refractivity contribution in [2.75, 3.05) is 38.0 Å². The Hall–Kier alpha value is -3.13. The Morgan fingerprint density at radius 2 is 1.57 bits per heavy atom. The van der Waals surface area contributed by atoms with Crippen LogP contribution in [0.1, 0.15) is 33.4 Å². The number of nitrogens with two attached hydrogens (primary N) is 2. The van der Waals surface area contributed by atoms with Crippen LogP contribution < -0.4 is 11.5 Å². The minimum atomic E-state index is -4.03. The topological polar surface area (TPSA) is 198 Å². The summed E-state index contributed by atoms with van der Waals surface area (Å²) in [5.41, 5.74) is 12.7. The van der Waals surface area contributed by atoms with Crippen LogP contribution in [0, 0.1) is 0 Å². The number of ether oxygens (including phenoxy) is 5. The molecule has 0 unspecified atom stereocenters. The largest absolute Gasteiger partial charge is 0.510 e. The zero-order valence-electron chi connectivity index (χ0n) is 19.9. The predicted octanol–water partition coefficient (Wildman–Crippen LogP) is 2.67. The molecule has 2 rings (SSSR count). The van der Waals surface area contributed by atoms with Gasteiger partial charge in [0.1, 0.15) is 11.9 Å². The summed E-state index contributed by atoms with van der Waals surface area (Å²) in [5.74, 6) is 0.231. The van der Waals surface area contributed by atoms with E-state index in [1.165, 1.54) is 4.52 Å². The number of nitrogen functional groups attached to an aromatic ring is 2. The highest BCUT2D eigenvalue weighted by atomic mass is 31.2. The fourth-order valence-corrected chi connectivity index (χ4v) is 3.51. The van der Waals surface area contributed by atoms with E-state index in [4.69, 9.17) is 44.2 Å². The average Bonchev–Trinajstić information content (AvgIpc) is 3.13. The normalized spacial score (nSPS) is 11.7. The third-order valence-electron chi connectivity index (χ3n) is 3.90. The van der Waals surface area contributed by atoms with Crippen LogP contribution in [0.2, 0.25) is 0 Å². The zero-order chi connectivity index (χ0) is 26.0. The van der Waals surface area contributed by atoms with Gasteiger partial charge in [-0.15, -0.1) is 5.10 Å². The Balaban J connectivity index is 1.92. The van der Waals surface area contributed by atoms with Crippen molar-refractivity contribution in [3.05, 3.63) is 17.8 Å². The highest BCUT2D eigenvalue weighted by Gasteiger charge is 2.27. The summed E-state index contributed by atoms with van der Waals surface area (Å²) in [6.07, 6.45) is -3.10. The maximum atomic E-state index is 13.0. The minimum absolute atomic E-state index is 0.00616. The van der Waals surface area contributed by atoms with Crippen molar-refractivity contribution >= 4 is 37.2 Å². The van der Waals surface area contributed by atoms with E-state index in [1.54, 1.807) is 39.8 Å². The van der Waals surface area contributed by atoms with E-state index in [0.29, 0.717) is 17.6 Å². The van der Waals surface area contributed by atoms with Crippen LogP contribution in [0.25, 0.3) is 5.52 Å². The van der Waals surface area contributed by atoms with Crippen molar-refractivity contribution in [3.63, 3.8) is 0 Å². The molecule has 0 spiro atoms. The second-order valence-corrected chi connectivity index (χ2v) is 9.49. The fraction of sp³-hybridized carbons (Fsp3) is 0.579. The van der Waals surface area contributed by atoms with E-state index < -0.39 is 52.0 Å². The molecule has 16 heteroatoms. The van der Waals surface area contributed by atoms with Gasteiger partial charge in [-0.25, -0.2) is 14.1 Å². The van der Waals surface area contributed by atoms with Gasteiger partial charge in [-0.2, -0.15) is 4.98 Å². The van der Waals surface area contributed by atoms with Crippen molar-refractivity contribution < 1.29 is 46.9 Å². The van der Waals surface area contributed by atoms with Crippen molar-refractivity contribution in [1.29, 1.82) is 0 Å². The van der Waals surface area contributed by atoms with E-state index in [0.717, 1.165) is 0 Å². The summed E-state index contributed by atoms with van der Waals surface area (Å²) in [6.45, 7) is 5.07. The van der Waals surface area contributed by atoms with E-state index in [1.807, 2.05) is 0 Å². The number of carbonyl (C=O) groups excluding carboxylic acids is 2. The molecular formula is C19H30N5O10P. The second kappa shape index (κ2) is 13.1. The van der Waals surface area contributed by atoms with Gasteiger partial charge in [-0.1, -0.05) is 0 Å². The molecule has 0 radical (unpaired) electrons. The number of rotatable bonds is 13. The molecule has 0 aliphatic carbocycles. The summed E-state index contributed by atoms with van der Waals surface area (Å²) in [5, 5.41) is 4.10. The van der Waals surface area contributed by atoms with Gasteiger partial charge in [-0.3, -0.25) is 13.6 Å². The summed E-state index contributed by atoms with van der Waals surface area (Å²) < 4.78 is 49.1. The minimum Gasteiger partial charge on any atom is -0.432 e. The van der Waals surface area contributed by atoms with Gasteiger partial charge >= 0.3 is 19.9 Å². The number of carbonyl (C=O) groups is 2. The summed E-state index contributed by atoms with van der Waals surface area (Å²) in [7, 11) is -4.03. The zero-order valence-corrected chi connectivity index (χ0v) is 20.8. The van der Waals surface area contributed by atoms with Crippen LogP contribution in [0.3, 0.4) is 0 Å². The molecule has 0 aliphatic rings. The highest BCUT2D eigenvalue weighted by molar-refractivity contribution is 7.53. The van der Waals surface area contributed by atoms with Crippen LogP contribution in [0.4, 0.5) is 21.4 Å². The number of aromatic nitrogens is 3. The Morgan fingerprint density at radius 3 is 2.11 bits per heavy atom. The number of fused-ring (bicyclic) bond motifs is 1. The molecule has 0 bridgehead atoms. The Kier molecular flexibility index (Phi) is 10.5. The first-order valence-electron chi connectivity index (χ1n) is 10.5. The molecule has 0 atom stereocenters. The summed E-state index contributed by atoms with van der Waals surface area (Å²) in [6, 6.07) is 3.49. The van der Waals surface area contributed by atoms with Crippen LogP contribution in [0.15, 0.2) is 12.1 Å². The molecule has 2 heterocycles. The number of nitrogens with zero attached hydrogens (tertiary/aromatic N) is 3. The first-order valence-corrected chi connectivity index (χ1v) is 12.2. The quantitative estimate of drug-likeness (QED) is 0.169. The molecule has 2 aromatic heterocycles. The van der Waals surface area contributed by atoms with E-state index in [2.05, 4.69) is 10.1 Å². The lowest BCUT2D eigenvalue weighted by Gasteiger charge is -2.18. The molecular weight excluding hydrogens is 489 g/mol. The van der Waals surface area contributed by atoms with Crippen molar-refractivity contribution in [2.24, 2.45) is 0 Å². The van der Waals surface area contributed by atoms with Crippen LogP contribution >= 0.6 is 7.60 Å². The van der Waals surface area contributed by atoms with Crippen LogP contribution in [0.5, 0.6) is 0 Å². The molecule has 0 aliphatic heterocycles. The van der Waals surface area contributed by atoms with Gasteiger partial charge in [-0.05, 0) is 39.8 Å². The van der Waals surface area contributed by atoms with Gasteiger partial charge in [0.05, 0.1) is 18.8 Å². The Morgan fingerprint density at radius 1 is 1.00 bits per heavy atom. The van der Waals surface area contributed by atoms with Crippen molar-refractivity contribution in [2.45, 2.75) is 46.3 Å². The molecule has 0 saturated heterocycles. The van der Waals surface area contributed by atoms with Crippen LogP contribution in [-0.4, -0.2) is 65.7 Å². The third-order valence-corrected chi connectivity index (χ3v) is 5.40. The number of hydrogen-bond donors (Lipinski definition) is 2. The molecule has 196 valence electrons. The molecule has 4 N–H and O–H groups in total. The van der Waals surface area contributed by atoms with E-state index >= 15 is 0 Å². The van der Waals surface area contributed by atoms with Crippen LogP contribution in [-0.2, 0) is 43.7 Å². The molecule has 2 aromatic rings. The van der Waals surface area contributed by atoms with E-state index in [9.17, 15) is 14.2 Å². The Bertz CT molecular complexity index is 1010. The standard InChI is InChI=1S/C19H30N5O10P/c1-12(2)33-18(25)29-9-31-35(27,32-10-30-19(26)34-13(3)4)11-28-8-7-14-5-6-15-16(20)22-17(21)23-24(14)15/h5-6,12-13H,7-11H2,1-4H3,(H4,20,21,22,23). The van der Waals surface area contributed by atoms with Gasteiger partial charge in [0, 0.05) is 12.1 Å². The maximum absolute atomic E-state index is 13.0. The van der Waals surface area contributed by atoms with Gasteiger partial charge < -0.3 is 35.2 Å². The van der Waals surface area contributed by atoms with Crippen molar-refractivity contribution in [1.82, 2.24) is 14.6 Å². The van der Waals surface area contributed by atoms with Gasteiger partial charge in [0.25, 0.3) is 0 Å². The summed E-state index contributed by atoms with van der Waals surface area (Å²) in [4.78, 5) is 26.9. The Labute approximate surface area is 201 Å². The van der Waals surface area contributed by atoms with Crippen molar-refractivity contribution in [3.8, 4) is 0 Å². The molecule has 0 amide bonds. The first-order chi connectivity index (χ1) is 16.5. The van der Waals surface area contributed by atoms with E-state index in [-0.39, 0.29) is 18.4 Å². The molecule has 0 aromatic carbocycles. The lowest BCUT2D eigenvalue weighted by molar-refractivity contribution is -0.0343. The SMILES string of the molecule is CC(C)OC(=O)OCOP(=O)(COCCc1ccc2c(N)nc(N)nn12)OCOC(=O)OC(C)C. The molecule has 0 fully saturated rings.